The quantitative estimate of drug-likeness (QED) is 0.349. The van der Waals surface area contributed by atoms with E-state index >= 15 is 0 Å². The van der Waals surface area contributed by atoms with Crippen molar-refractivity contribution in [1.29, 1.82) is 0 Å². The Morgan fingerprint density at radius 2 is 1.94 bits per heavy atom. The number of aromatic nitrogens is 1. The number of benzene rings is 2. The van der Waals surface area contributed by atoms with E-state index in [1.165, 1.54) is 12.6 Å². The zero-order valence-electron chi connectivity index (χ0n) is 17.2. The van der Waals surface area contributed by atoms with E-state index < -0.39 is 5.91 Å². The van der Waals surface area contributed by atoms with Crippen LogP contribution in [0, 0.1) is 0 Å². The topological polar surface area (TPSA) is 95.7 Å². The van der Waals surface area contributed by atoms with Crippen LogP contribution in [-0.4, -0.2) is 49.0 Å². The number of carbonyl (C=O) groups excluding carboxylic acids is 1. The number of nitrogens with one attached hydrogen (secondary N) is 2. The van der Waals surface area contributed by atoms with Crippen molar-refractivity contribution in [2.45, 2.75) is 6.54 Å². The van der Waals surface area contributed by atoms with Gasteiger partial charge in [-0.2, -0.15) is 0 Å². The van der Waals surface area contributed by atoms with Crippen molar-refractivity contribution in [2.75, 3.05) is 27.2 Å². The minimum absolute atomic E-state index is 0. The Kier molecular flexibility index (Phi) is 10.6. The number of nitrogens with zero attached hydrogens (tertiary/aromatic N) is 2. The van der Waals surface area contributed by atoms with Crippen LogP contribution in [-0.2, 0) is 6.54 Å². The minimum atomic E-state index is -0.395. The van der Waals surface area contributed by atoms with Gasteiger partial charge in [0.25, 0.3) is 5.91 Å². The second-order valence-electron chi connectivity index (χ2n) is 6.65. The molecule has 0 aliphatic heterocycles. The molecule has 168 valence electrons. The van der Waals surface area contributed by atoms with Crippen molar-refractivity contribution in [1.82, 2.24) is 15.2 Å². The maximum absolute atomic E-state index is 12.3. The molecule has 3 rings (SSSR count). The monoisotopic (exact) mass is 485 g/mol. The van der Waals surface area contributed by atoms with E-state index in [1.807, 2.05) is 25.2 Å². The molecule has 0 fully saturated rings. The average molecular weight is 487 g/mol. The summed E-state index contributed by atoms with van der Waals surface area (Å²) in [6.07, 6.45) is 0. The number of aromatic amines is 1. The van der Waals surface area contributed by atoms with Gasteiger partial charge in [-0.3, -0.25) is 20.0 Å². The summed E-state index contributed by atoms with van der Waals surface area (Å²) < 4.78 is 5.97. The molecule has 4 N–H and O–H groups in total. The number of fused-ring (bicyclic) bond motifs is 1. The molecule has 0 spiro atoms. The first kappa shape index (κ1) is 26.6. The molecule has 0 saturated carbocycles. The van der Waals surface area contributed by atoms with Crippen LogP contribution in [0.1, 0.15) is 16.1 Å². The van der Waals surface area contributed by atoms with E-state index in [0.717, 1.165) is 13.1 Å². The predicted octanol–water partition coefficient (Wildman–Crippen LogP) is 3.85. The molecule has 0 radical (unpaired) electrons. The maximum atomic E-state index is 12.3. The number of ether oxygens (including phenoxy) is 1. The van der Waals surface area contributed by atoms with Gasteiger partial charge in [0.15, 0.2) is 5.96 Å². The zero-order chi connectivity index (χ0) is 20.8. The van der Waals surface area contributed by atoms with Crippen LogP contribution in [0.3, 0.4) is 0 Å². The van der Waals surface area contributed by atoms with Crippen LogP contribution in [0.2, 0.25) is 5.02 Å². The molecule has 1 heterocycles. The second kappa shape index (κ2) is 12.4. The van der Waals surface area contributed by atoms with Crippen molar-refractivity contribution in [3.8, 4) is 5.75 Å². The number of carbonyl (C=O) groups is 1. The molecule has 0 saturated heterocycles. The third-order valence-electron chi connectivity index (χ3n) is 4.46. The van der Waals surface area contributed by atoms with E-state index in [9.17, 15) is 4.79 Å². The summed E-state index contributed by atoms with van der Waals surface area (Å²) in [6.45, 7) is 2.08. The standard InChI is InChI=1S/C21H24ClN5O2.2ClH/c1-24-21(23)26-20(28)17-12-15-16(22)8-9-18(19(15)25-17)29-11-10-27(2)13-14-6-4-3-5-7-14;;/h3-9,12,25H,10-11,13H2,1-2H3,(H3,23,24,26,28);2*1H. The molecule has 0 aliphatic carbocycles. The lowest BCUT2D eigenvalue weighted by atomic mass is 10.2. The first-order valence-corrected chi connectivity index (χ1v) is 9.56. The molecule has 10 heteroatoms. The Morgan fingerprint density at radius 3 is 2.61 bits per heavy atom. The number of rotatable bonds is 7. The van der Waals surface area contributed by atoms with E-state index in [0.29, 0.717) is 34.0 Å². The molecular formula is C21H26Cl3N5O2. The van der Waals surface area contributed by atoms with Gasteiger partial charge in [0.05, 0.1) is 10.5 Å². The van der Waals surface area contributed by atoms with Crippen molar-refractivity contribution >= 4 is 59.2 Å². The van der Waals surface area contributed by atoms with Crippen molar-refractivity contribution in [2.24, 2.45) is 10.7 Å². The number of hydrogen-bond acceptors (Lipinski definition) is 4. The van der Waals surface area contributed by atoms with Crippen LogP contribution >= 0.6 is 36.4 Å². The number of guanidine groups is 1. The van der Waals surface area contributed by atoms with Gasteiger partial charge < -0.3 is 15.5 Å². The summed E-state index contributed by atoms with van der Waals surface area (Å²) in [5, 5.41) is 3.73. The van der Waals surface area contributed by atoms with Gasteiger partial charge >= 0.3 is 0 Å². The smallest absolute Gasteiger partial charge is 0.274 e. The number of H-pyrrole nitrogens is 1. The number of halogens is 3. The number of likely N-dealkylation sites (N-methyl/N-ethyl adjacent to an activating group) is 1. The highest BCUT2D eigenvalue weighted by atomic mass is 35.5. The predicted molar refractivity (Wildman–Crippen MR) is 131 cm³/mol. The van der Waals surface area contributed by atoms with Crippen LogP contribution in [0.15, 0.2) is 53.5 Å². The summed E-state index contributed by atoms with van der Waals surface area (Å²) in [5.74, 6) is 0.278. The Morgan fingerprint density at radius 1 is 1.23 bits per heavy atom. The lowest BCUT2D eigenvalue weighted by molar-refractivity contribution is 0.0972. The lowest BCUT2D eigenvalue weighted by Gasteiger charge is -2.17. The largest absolute Gasteiger partial charge is 0.490 e. The minimum Gasteiger partial charge on any atom is -0.490 e. The molecule has 1 aromatic heterocycles. The van der Waals surface area contributed by atoms with Crippen molar-refractivity contribution < 1.29 is 9.53 Å². The van der Waals surface area contributed by atoms with Gasteiger partial charge in [-0.25, -0.2) is 0 Å². The van der Waals surface area contributed by atoms with Gasteiger partial charge in [-0.15, -0.1) is 24.8 Å². The van der Waals surface area contributed by atoms with Gasteiger partial charge in [0.2, 0.25) is 0 Å². The summed E-state index contributed by atoms with van der Waals surface area (Å²) in [4.78, 5) is 21.3. The molecular weight excluding hydrogens is 461 g/mol. The Bertz CT molecular complexity index is 1020. The third kappa shape index (κ3) is 7.04. The zero-order valence-corrected chi connectivity index (χ0v) is 19.6. The van der Waals surface area contributed by atoms with Crippen molar-refractivity contribution in [3.63, 3.8) is 0 Å². The first-order valence-electron chi connectivity index (χ1n) is 9.18. The molecule has 0 aliphatic rings. The van der Waals surface area contributed by atoms with Crippen LogP contribution < -0.4 is 15.8 Å². The molecule has 7 nitrogen and oxygen atoms in total. The highest BCUT2D eigenvalue weighted by Crippen LogP contribution is 2.31. The molecule has 3 aromatic rings. The van der Waals surface area contributed by atoms with Crippen LogP contribution in [0.4, 0.5) is 0 Å². The van der Waals surface area contributed by atoms with Gasteiger partial charge in [-0.1, -0.05) is 41.9 Å². The number of amides is 1. The fourth-order valence-electron chi connectivity index (χ4n) is 2.93. The van der Waals surface area contributed by atoms with Crippen molar-refractivity contribution in [3.05, 3.63) is 64.8 Å². The molecule has 0 bridgehead atoms. The van der Waals surface area contributed by atoms with Crippen LogP contribution in [0.25, 0.3) is 10.9 Å². The Labute approximate surface area is 198 Å². The highest BCUT2D eigenvalue weighted by Gasteiger charge is 2.15. The van der Waals surface area contributed by atoms with Gasteiger partial charge in [-0.05, 0) is 30.8 Å². The molecule has 0 atom stereocenters. The molecule has 0 unspecified atom stereocenters. The van der Waals surface area contributed by atoms with Gasteiger partial charge in [0.1, 0.15) is 18.1 Å². The van der Waals surface area contributed by atoms with E-state index in [-0.39, 0.29) is 30.8 Å². The number of aliphatic imine (C=N–C) groups is 1. The van der Waals surface area contributed by atoms with E-state index in [2.05, 4.69) is 32.3 Å². The second-order valence-corrected chi connectivity index (χ2v) is 7.06. The summed E-state index contributed by atoms with van der Waals surface area (Å²) in [5.41, 5.74) is 7.80. The molecule has 1 amide bonds. The maximum Gasteiger partial charge on any atom is 0.274 e. The first-order chi connectivity index (χ1) is 14.0. The lowest BCUT2D eigenvalue weighted by Crippen LogP contribution is -2.36. The fourth-order valence-corrected chi connectivity index (χ4v) is 3.14. The highest BCUT2D eigenvalue weighted by molar-refractivity contribution is 6.35. The Hall–Kier alpha value is -2.45. The summed E-state index contributed by atoms with van der Waals surface area (Å²) >= 11 is 6.29. The average Bonchev–Trinajstić information content (AvgIpc) is 3.17. The summed E-state index contributed by atoms with van der Waals surface area (Å²) in [7, 11) is 3.54. The molecule has 2 aromatic carbocycles. The number of hydrogen-bond donors (Lipinski definition) is 3. The number of nitrogens with two attached hydrogens (primary N) is 1. The molecule has 31 heavy (non-hydrogen) atoms. The van der Waals surface area contributed by atoms with Gasteiger partial charge in [0, 0.05) is 25.5 Å². The van der Waals surface area contributed by atoms with E-state index in [1.54, 1.807) is 18.2 Å². The van der Waals surface area contributed by atoms with Crippen LogP contribution in [0.5, 0.6) is 5.75 Å². The fraction of sp³-hybridized carbons (Fsp3) is 0.238. The Balaban J connectivity index is 0.00000240. The summed E-state index contributed by atoms with van der Waals surface area (Å²) in [6, 6.07) is 15.5. The normalized spacial score (nSPS) is 11.0. The van der Waals surface area contributed by atoms with E-state index in [4.69, 9.17) is 22.1 Å². The SMILES string of the molecule is CN=C(N)NC(=O)c1cc2c(Cl)ccc(OCCN(C)Cc3ccccc3)c2[nH]1.Cl.Cl. The third-order valence-corrected chi connectivity index (χ3v) is 4.79.